The van der Waals surface area contributed by atoms with Crippen LogP contribution in [-0.2, 0) is 22.4 Å². The van der Waals surface area contributed by atoms with Gasteiger partial charge in [0.25, 0.3) is 0 Å². The minimum Gasteiger partial charge on any atom is -0.381 e. The maximum Gasteiger partial charge on any atom is 0.124 e. The van der Waals surface area contributed by atoms with Gasteiger partial charge in [-0.1, -0.05) is 12.1 Å². The Hall–Kier alpha value is -1.35. The van der Waals surface area contributed by atoms with Gasteiger partial charge in [-0.2, -0.15) is 0 Å². The zero-order valence-corrected chi connectivity index (χ0v) is 11.3. The quantitative estimate of drug-likeness (QED) is 0.777. The van der Waals surface area contributed by atoms with Crippen LogP contribution in [0.15, 0.2) is 18.2 Å². The third kappa shape index (κ3) is 2.81. The normalized spacial score (nSPS) is 19.5. The number of hydrogen-bond donors (Lipinski definition) is 0. The molecule has 0 amide bonds. The van der Waals surface area contributed by atoms with Crippen molar-refractivity contribution in [1.82, 2.24) is 0 Å². The van der Waals surface area contributed by atoms with Crippen molar-refractivity contribution >= 4 is 12.0 Å². The van der Waals surface area contributed by atoms with Crippen LogP contribution in [0, 0.1) is 5.92 Å². The van der Waals surface area contributed by atoms with Crippen LogP contribution >= 0.6 is 0 Å². The molecule has 0 atom stereocenters. The Labute approximate surface area is 114 Å². The second-order valence-electron chi connectivity index (χ2n) is 5.59. The summed E-state index contributed by atoms with van der Waals surface area (Å²) in [5.41, 5.74) is 3.92. The van der Waals surface area contributed by atoms with E-state index in [0.29, 0.717) is 6.42 Å². The Kier molecular flexibility index (Phi) is 3.83. The molecule has 2 heterocycles. The molecular formula is C16H21NO2. The molecule has 2 aliphatic heterocycles. The van der Waals surface area contributed by atoms with E-state index in [0.717, 1.165) is 50.5 Å². The zero-order valence-electron chi connectivity index (χ0n) is 11.3. The molecule has 0 aliphatic carbocycles. The van der Waals surface area contributed by atoms with Crippen LogP contribution in [0.5, 0.6) is 0 Å². The molecule has 1 saturated heterocycles. The highest BCUT2D eigenvalue weighted by Crippen LogP contribution is 2.31. The monoisotopic (exact) mass is 259 g/mol. The number of anilines is 1. The van der Waals surface area contributed by atoms with Gasteiger partial charge in [-0.15, -0.1) is 0 Å². The molecule has 0 bridgehead atoms. The molecule has 2 aliphatic rings. The number of nitrogens with zero attached hydrogens (tertiary/aromatic N) is 1. The van der Waals surface area contributed by atoms with Crippen LogP contribution < -0.4 is 4.90 Å². The number of fused-ring (bicyclic) bond motifs is 1. The third-order valence-corrected chi connectivity index (χ3v) is 4.28. The van der Waals surface area contributed by atoms with Crippen molar-refractivity contribution in [3.05, 3.63) is 29.3 Å². The lowest BCUT2D eigenvalue weighted by atomic mass is 9.99. The van der Waals surface area contributed by atoms with E-state index in [9.17, 15) is 4.79 Å². The fourth-order valence-electron chi connectivity index (χ4n) is 3.14. The highest BCUT2D eigenvalue weighted by molar-refractivity contribution is 5.63. The van der Waals surface area contributed by atoms with Crippen molar-refractivity contribution in [2.75, 3.05) is 31.2 Å². The van der Waals surface area contributed by atoms with Crippen LogP contribution in [0.4, 0.5) is 5.69 Å². The van der Waals surface area contributed by atoms with Crippen molar-refractivity contribution in [2.24, 2.45) is 5.92 Å². The highest BCUT2D eigenvalue weighted by Gasteiger charge is 2.23. The minimum atomic E-state index is 0.526. The smallest absolute Gasteiger partial charge is 0.124 e. The third-order valence-electron chi connectivity index (χ3n) is 4.28. The van der Waals surface area contributed by atoms with Gasteiger partial charge in [0.1, 0.15) is 6.29 Å². The molecule has 3 nitrogen and oxygen atoms in total. The number of ether oxygens (including phenoxy) is 1. The molecule has 0 N–H and O–H groups in total. The number of carbonyl (C=O) groups is 1. The Morgan fingerprint density at radius 3 is 2.95 bits per heavy atom. The van der Waals surface area contributed by atoms with Crippen LogP contribution in [0.2, 0.25) is 0 Å². The van der Waals surface area contributed by atoms with Crippen molar-refractivity contribution in [3.8, 4) is 0 Å². The van der Waals surface area contributed by atoms with E-state index in [-0.39, 0.29) is 0 Å². The molecule has 0 unspecified atom stereocenters. The number of benzene rings is 1. The average Bonchev–Trinajstić information content (AvgIpc) is 2.83. The van der Waals surface area contributed by atoms with Gasteiger partial charge in [-0.3, -0.25) is 0 Å². The van der Waals surface area contributed by atoms with E-state index in [4.69, 9.17) is 4.74 Å². The molecule has 1 fully saturated rings. The molecule has 0 saturated carbocycles. The van der Waals surface area contributed by atoms with Gasteiger partial charge >= 0.3 is 0 Å². The minimum absolute atomic E-state index is 0.526. The fourth-order valence-corrected chi connectivity index (χ4v) is 3.14. The summed E-state index contributed by atoms with van der Waals surface area (Å²) in [6.45, 7) is 4.09. The average molecular weight is 259 g/mol. The standard InChI is InChI=1S/C16H21NO2/c18-8-4-13-1-2-15-3-7-17(16(15)11-13)12-14-5-9-19-10-6-14/h1-2,8,11,14H,3-7,9-10,12H2. The van der Waals surface area contributed by atoms with Gasteiger partial charge in [0.05, 0.1) is 0 Å². The summed E-state index contributed by atoms with van der Waals surface area (Å²) in [6, 6.07) is 6.49. The summed E-state index contributed by atoms with van der Waals surface area (Å²) in [6.07, 6.45) is 5.01. The SMILES string of the molecule is O=CCc1ccc2c(c1)N(CC1CCOCC1)CC2. The van der Waals surface area contributed by atoms with Gasteiger partial charge in [-0.05, 0) is 42.4 Å². The summed E-state index contributed by atoms with van der Waals surface area (Å²) in [4.78, 5) is 13.1. The predicted octanol–water partition coefficient (Wildman–Crippen LogP) is 2.22. The molecule has 19 heavy (non-hydrogen) atoms. The zero-order chi connectivity index (χ0) is 13.1. The Morgan fingerprint density at radius 2 is 2.16 bits per heavy atom. The molecule has 102 valence electrons. The van der Waals surface area contributed by atoms with E-state index >= 15 is 0 Å². The van der Waals surface area contributed by atoms with Crippen molar-refractivity contribution < 1.29 is 9.53 Å². The van der Waals surface area contributed by atoms with Gasteiger partial charge in [0, 0.05) is 38.4 Å². The van der Waals surface area contributed by atoms with Gasteiger partial charge in [0.15, 0.2) is 0 Å². The van der Waals surface area contributed by atoms with E-state index < -0.39 is 0 Å². The number of hydrogen-bond acceptors (Lipinski definition) is 3. The molecule has 3 heteroatoms. The van der Waals surface area contributed by atoms with Crippen molar-refractivity contribution in [1.29, 1.82) is 0 Å². The molecule has 1 aromatic carbocycles. The first-order chi connectivity index (χ1) is 9.36. The van der Waals surface area contributed by atoms with Crippen LogP contribution in [-0.4, -0.2) is 32.6 Å². The van der Waals surface area contributed by atoms with E-state index in [1.165, 1.54) is 24.1 Å². The van der Waals surface area contributed by atoms with Crippen molar-refractivity contribution in [2.45, 2.75) is 25.7 Å². The van der Waals surface area contributed by atoms with Crippen LogP contribution in [0.1, 0.15) is 24.0 Å². The molecule has 0 spiro atoms. The second-order valence-corrected chi connectivity index (χ2v) is 5.59. The Balaban J connectivity index is 1.72. The van der Waals surface area contributed by atoms with Crippen LogP contribution in [0.3, 0.4) is 0 Å². The molecule has 0 aromatic heterocycles. The van der Waals surface area contributed by atoms with E-state index in [1.54, 1.807) is 0 Å². The van der Waals surface area contributed by atoms with Crippen LogP contribution in [0.25, 0.3) is 0 Å². The molecule has 0 radical (unpaired) electrons. The largest absolute Gasteiger partial charge is 0.381 e. The van der Waals surface area contributed by atoms with Gasteiger partial charge in [-0.25, -0.2) is 0 Å². The lowest BCUT2D eigenvalue weighted by Crippen LogP contribution is -2.31. The van der Waals surface area contributed by atoms with E-state index in [2.05, 4.69) is 23.1 Å². The first-order valence-electron chi connectivity index (χ1n) is 7.25. The second kappa shape index (κ2) is 5.74. The molecule has 1 aromatic rings. The van der Waals surface area contributed by atoms with Gasteiger partial charge in [0.2, 0.25) is 0 Å². The summed E-state index contributed by atoms with van der Waals surface area (Å²) >= 11 is 0. The fraction of sp³-hybridized carbons (Fsp3) is 0.562. The maximum absolute atomic E-state index is 10.6. The maximum atomic E-state index is 10.6. The number of rotatable bonds is 4. The first-order valence-corrected chi connectivity index (χ1v) is 7.25. The predicted molar refractivity (Wildman–Crippen MR) is 75.7 cm³/mol. The topological polar surface area (TPSA) is 29.5 Å². The first kappa shape index (κ1) is 12.7. The lowest BCUT2D eigenvalue weighted by Gasteiger charge is -2.28. The van der Waals surface area contributed by atoms with E-state index in [1.807, 2.05) is 0 Å². The molecule has 3 rings (SSSR count). The summed E-state index contributed by atoms with van der Waals surface area (Å²) < 4.78 is 5.43. The highest BCUT2D eigenvalue weighted by atomic mass is 16.5. The summed E-state index contributed by atoms with van der Waals surface area (Å²) in [5, 5.41) is 0. The lowest BCUT2D eigenvalue weighted by molar-refractivity contribution is -0.107. The molecular weight excluding hydrogens is 238 g/mol. The van der Waals surface area contributed by atoms with Gasteiger partial charge < -0.3 is 14.4 Å². The Morgan fingerprint density at radius 1 is 1.32 bits per heavy atom. The number of aldehydes is 1. The Bertz CT molecular complexity index is 452. The van der Waals surface area contributed by atoms with Crippen molar-refractivity contribution in [3.63, 3.8) is 0 Å². The summed E-state index contributed by atoms with van der Waals surface area (Å²) in [5.74, 6) is 0.759. The number of carbonyl (C=O) groups excluding carboxylic acids is 1. The summed E-state index contributed by atoms with van der Waals surface area (Å²) in [7, 11) is 0.